The summed E-state index contributed by atoms with van der Waals surface area (Å²) in [7, 11) is 0. The van der Waals surface area contributed by atoms with Crippen LogP contribution in [0.5, 0.6) is 5.75 Å². The molecule has 26 heavy (non-hydrogen) atoms. The molecule has 0 aliphatic heterocycles. The van der Waals surface area contributed by atoms with Crippen molar-refractivity contribution in [3.63, 3.8) is 0 Å². The molecule has 2 heterocycles. The van der Waals surface area contributed by atoms with Crippen LogP contribution in [0.4, 0.5) is 15.9 Å². The number of nitrogens with zero attached hydrogens (tertiary/aromatic N) is 4. The molecule has 4 rings (SSSR count). The Hall–Kier alpha value is -3.48. The Kier molecular flexibility index (Phi) is 4.18. The van der Waals surface area contributed by atoms with Crippen molar-refractivity contribution in [1.82, 2.24) is 19.7 Å². The lowest BCUT2D eigenvalue weighted by molar-refractivity contribution is 0.342. The van der Waals surface area contributed by atoms with Crippen LogP contribution >= 0.6 is 0 Å². The van der Waals surface area contributed by atoms with E-state index in [-0.39, 0.29) is 5.82 Å². The average molecular weight is 349 g/mol. The van der Waals surface area contributed by atoms with Gasteiger partial charge in [-0.05, 0) is 31.2 Å². The summed E-state index contributed by atoms with van der Waals surface area (Å²) < 4.78 is 21.2. The van der Waals surface area contributed by atoms with Crippen molar-refractivity contribution < 1.29 is 9.13 Å². The summed E-state index contributed by atoms with van der Waals surface area (Å²) in [4.78, 5) is 8.58. The molecule has 0 spiro atoms. The van der Waals surface area contributed by atoms with Gasteiger partial charge in [0, 0.05) is 0 Å². The van der Waals surface area contributed by atoms with Gasteiger partial charge in [0.05, 0.1) is 23.9 Å². The van der Waals surface area contributed by atoms with Crippen molar-refractivity contribution in [3.05, 3.63) is 66.9 Å². The Balaban J connectivity index is 1.78. The molecule has 1 N–H and O–H groups in total. The minimum absolute atomic E-state index is 0.335. The monoisotopic (exact) mass is 349 g/mol. The standard InChI is InChI=1S/C19H16FN5O/c1-2-26-17-10-6-4-8-15(17)24-18-13-11-23-25(19(13)22-12-21-18)16-9-5-3-7-14(16)20/h3-12H,2H2,1H3,(H,21,22,24). The molecule has 130 valence electrons. The van der Waals surface area contributed by atoms with Gasteiger partial charge >= 0.3 is 0 Å². The highest BCUT2D eigenvalue weighted by molar-refractivity contribution is 5.89. The molecule has 0 atom stereocenters. The second kappa shape index (κ2) is 6.79. The molecule has 0 saturated heterocycles. The number of rotatable bonds is 5. The fourth-order valence-corrected chi connectivity index (χ4v) is 2.72. The number of hydrogen-bond donors (Lipinski definition) is 1. The molecule has 0 fully saturated rings. The van der Waals surface area contributed by atoms with Crippen LogP contribution in [0.3, 0.4) is 0 Å². The summed E-state index contributed by atoms with van der Waals surface area (Å²) in [6, 6.07) is 14.0. The van der Waals surface area contributed by atoms with Gasteiger partial charge in [0.2, 0.25) is 0 Å². The van der Waals surface area contributed by atoms with Gasteiger partial charge in [0.25, 0.3) is 0 Å². The van der Waals surface area contributed by atoms with E-state index in [0.29, 0.717) is 29.1 Å². The van der Waals surface area contributed by atoms with Gasteiger partial charge in [-0.25, -0.2) is 19.0 Å². The molecule has 6 nitrogen and oxygen atoms in total. The highest BCUT2D eigenvalue weighted by Gasteiger charge is 2.14. The number of anilines is 2. The first kappa shape index (κ1) is 16.0. The van der Waals surface area contributed by atoms with Gasteiger partial charge in [-0.1, -0.05) is 24.3 Å². The van der Waals surface area contributed by atoms with Crippen molar-refractivity contribution >= 4 is 22.5 Å². The molecule has 0 unspecified atom stereocenters. The van der Waals surface area contributed by atoms with Gasteiger partial charge in [-0.15, -0.1) is 0 Å². The highest BCUT2D eigenvalue weighted by Crippen LogP contribution is 2.30. The maximum atomic E-state index is 14.1. The van der Waals surface area contributed by atoms with Gasteiger partial charge in [-0.2, -0.15) is 5.10 Å². The van der Waals surface area contributed by atoms with Crippen LogP contribution in [0.1, 0.15) is 6.92 Å². The molecular weight excluding hydrogens is 333 g/mol. The third-order valence-electron chi connectivity index (χ3n) is 3.89. The lowest BCUT2D eigenvalue weighted by Crippen LogP contribution is -2.02. The largest absolute Gasteiger partial charge is 0.492 e. The number of para-hydroxylation sites is 3. The first-order chi connectivity index (χ1) is 12.8. The van der Waals surface area contributed by atoms with Crippen LogP contribution in [0, 0.1) is 5.82 Å². The van der Waals surface area contributed by atoms with E-state index in [2.05, 4.69) is 20.4 Å². The van der Waals surface area contributed by atoms with Crippen molar-refractivity contribution in [2.24, 2.45) is 0 Å². The average Bonchev–Trinajstić information content (AvgIpc) is 3.09. The summed E-state index contributed by atoms with van der Waals surface area (Å²) in [5.74, 6) is 0.931. The molecule has 0 aliphatic carbocycles. The predicted octanol–water partition coefficient (Wildman–Crippen LogP) is 4.10. The lowest BCUT2D eigenvalue weighted by Gasteiger charge is -2.12. The molecule has 4 aromatic rings. The molecule has 0 amide bonds. The summed E-state index contributed by atoms with van der Waals surface area (Å²) >= 11 is 0. The van der Waals surface area contributed by atoms with Crippen molar-refractivity contribution in [1.29, 1.82) is 0 Å². The van der Waals surface area contributed by atoms with E-state index in [9.17, 15) is 4.39 Å². The summed E-state index contributed by atoms with van der Waals surface area (Å²) in [6.07, 6.45) is 3.04. The topological polar surface area (TPSA) is 64.9 Å². The molecule has 7 heteroatoms. The van der Waals surface area contributed by atoms with E-state index < -0.39 is 0 Å². The lowest BCUT2D eigenvalue weighted by atomic mass is 10.2. The van der Waals surface area contributed by atoms with Gasteiger partial charge in [-0.3, -0.25) is 0 Å². The molecule has 0 saturated carbocycles. The minimum atomic E-state index is -0.368. The summed E-state index contributed by atoms with van der Waals surface area (Å²) in [5, 5.41) is 8.23. The maximum absolute atomic E-state index is 14.1. The number of benzene rings is 2. The third-order valence-corrected chi connectivity index (χ3v) is 3.89. The Morgan fingerprint density at radius 3 is 2.73 bits per heavy atom. The van der Waals surface area contributed by atoms with E-state index in [0.717, 1.165) is 11.4 Å². The second-order valence-corrected chi connectivity index (χ2v) is 5.52. The number of nitrogens with one attached hydrogen (secondary N) is 1. The maximum Gasteiger partial charge on any atom is 0.168 e. The van der Waals surface area contributed by atoms with Crippen LogP contribution in [0.25, 0.3) is 16.7 Å². The van der Waals surface area contributed by atoms with E-state index in [1.807, 2.05) is 31.2 Å². The fraction of sp³-hybridized carbons (Fsp3) is 0.105. The number of fused-ring (bicyclic) bond motifs is 1. The minimum Gasteiger partial charge on any atom is -0.492 e. The van der Waals surface area contributed by atoms with E-state index in [1.54, 1.807) is 24.4 Å². The Bertz CT molecular complexity index is 1060. The molecule has 0 radical (unpaired) electrons. The number of aromatic nitrogens is 4. The van der Waals surface area contributed by atoms with Crippen molar-refractivity contribution in [3.8, 4) is 11.4 Å². The predicted molar refractivity (Wildman–Crippen MR) is 97.5 cm³/mol. The summed E-state index contributed by atoms with van der Waals surface area (Å²) in [6.45, 7) is 2.49. The van der Waals surface area contributed by atoms with Crippen LogP contribution in [0.15, 0.2) is 61.1 Å². The van der Waals surface area contributed by atoms with Crippen LogP contribution in [0.2, 0.25) is 0 Å². The van der Waals surface area contributed by atoms with E-state index >= 15 is 0 Å². The smallest absolute Gasteiger partial charge is 0.168 e. The number of hydrogen-bond acceptors (Lipinski definition) is 5. The molecule has 0 bridgehead atoms. The zero-order valence-electron chi connectivity index (χ0n) is 14.1. The number of ether oxygens (including phenoxy) is 1. The van der Waals surface area contributed by atoms with Crippen molar-refractivity contribution in [2.75, 3.05) is 11.9 Å². The third kappa shape index (κ3) is 2.83. The van der Waals surface area contributed by atoms with Gasteiger partial charge in [0.1, 0.15) is 29.4 Å². The molecule has 0 aliphatic rings. The molecule has 2 aromatic heterocycles. The first-order valence-corrected chi connectivity index (χ1v) is 8.20. The zero-order valence-corrected chi connectivity index (χ0v) is 14.1. The number of halogens is 1. The zero-order chi connectivity index (χ0) is 17.9. The fourth-order valence-electron chi connectivity index (χ4n) is 2.72. The summed E-state index contributed by atoms with van der Waals surface area (Å²) in [5.41, 5.74) is 1.64. The highest BCUT2D eigenvalue weighted by atomic mass is 19.1. The first-order valence-electron chi connectivity index (χ1n) is 8.20. The Morgan fingerprint density at radius 2 is 1.88 bits per heavy atom. The SMILES string of the molecule is CCOc1ccccc1Nc1ncnc2c1cnn2-c1ccccc1F. The van der Waals surface area contributed by atoms with Crippen LogP contribution in [-0.2, 0) is 0 Å². The normalized spacial score (nSPS) is 10.8. The van der Waals surface area contributed by atoms with Gasteiger partial charge < -0.3 is 10.1 Å². The van der Waals surface area contributed by atoms with Crippen LogP contribution < -0.4 is 10.1 Å². The quantitative estimate of drug-likeness (QED) is 0.588. The van der Waals surface area contributed by atoms with Gasteiger partial charge in [0.15, 0.2) is 5.65 Å². The van der Waals surface area contributed by atoms with E-state index in [1.165, 1.54) is 17.1 Å². The Labute approximate surface area is 149 Å². The second-order valence-electron chi connectivity index (χ2n) is 5.52. The van der Waals surface area contributed by atoms with Crippen molar-refractivity contribution in [2.45, 2.75) is 6.92 Å². The Morgan fingerprint density at radius 1 is 1.08 bits per heavy atom. The molecular formula is C19H16FN5O. The van der Waals surface area contributed by atoms with E-state index in [4.69, 9.17) is 4.74 Å². The van der Waals surface area contributed by atoms with Crippen LogP contribution in [-0.4, -0.2) is 26.4 Å². The molecule has 2 aromatic carbocycles.